The van der Waals surface area contributed by atoms with Crippen LogP contribution in [0.5, 0.6) is 0 Å². The molecule has 0 saturated carbocycles. The summed E-state index contributed by atoms with van der Waals surface area (Å²) < 4.78 is 1.87. The molecule has 1 aromatic rings. The largest absolute Gasteiger partial charge is 0.310 e. The molecule has 0 amide bonds. The van der Waals surface area contributed by atoms with Crippen LogP contribution in [0.1, 0.15) is 50.6 Å². The van der Waals surface area contributed by atoms with Gasteiger partial charge in [-0.1, -0.05) is 13.8 Å². The van der Waals surface area contributed by atoms with Crippen LogP contribution in [0.15, 0.2) is 10.9 Å². The van der Waals surface area contributed by atoms with Gasteiger partial charge in [-0.05, 0) is 39.3 Å². The van der Waals surface area contributed by atoms with E-state index in [4.69, 9.17) is 0 Å². The molecule has 3 nitrogen and oxygen atoms in total. The van der Waals surface area contributed by atoms with Crippen molar-refractivity contribution in [1.82, 2.24) is 9.88 Å². The topological polar surface area (TPSA) is 34.0 Å². The van der Waals surface area contributed by atoms with Crippen LogP contribution in [0.3, 0.4) is 0 Å². The van der Waals surface area contributed by atoms with Crippen molar-refractivity contribution in [3.05, 3.63) is 33.2 Å². The van der Waals surface area contributed by atoms with Crippen LogP contribution in [-0.4, -0.2) is 10.6 Å². The molecule has 1 N–H and O–H groups in total. The fourth-order valence-corrected chi connectivity index (χ4v) is 2.11. The molecule has 0 aromatic carbocycles. The van der Waals surface area contributed by atoms with E-state index in [1.807, 2.05) is 32.3 Å². The van der Waals surface area contributed by atoms with Crippen molar-refractivity contribution in [3.63, 3.8) is 0 Å². The van der Waals surface area contributed by atoms with Crippen molar-refractivity contribution in [2.45, 2.75) is 60.2 Å². The average molecular weight is 236 g/mol. The molecule has 0 aliphatic heterocycles. The fraction of sp³-hybridized carbons (Fsp3) is 0.643. The van der Waals surface area contributed by atoms with E-state index in [1.165, 1.54) is 0 Å². The monoisotopic (exact) mass is 236 g/mol. The maximum absolute atomic E-state index is 12.4. The number of nitrogens with zero attached hydrogens (tertiary/aromatic N) is 1. The van der Waals surface area contributed by atoms with Crippen molar-refractivity contribution in [3.8, 4) is 0 Å². The number of nitrogens with one attached hydrogen (secondary N) is 1. The Morgan fingerprint density at radius 2 is 1.82 bits per heavy atom. The second-order valence-corrected chi connectivity index (χ2v) is 5.25. The number of hydrogen-bond donors (Lipinski definition) is 1. The van der Waals surface area contributed by atoms with Crippen molar-refractivity contribution in [2.75, 3.05) is 0 Å². The minimum Gasteiger partial charge on any atom is -0.310 e. The lowest BCUT2D eigenvalue weighted by atomic mass is 10.1. The maximum atomic E-state index is 12.4. The molecule has 3 heteroatoms. The predicted octanol–water partition coefficient (Wildman–Crippen LogP) is 2.54. The first kappa shape index (κ1) is 14.0. The standard InChI is InChI=1S/C14H24N2O/c1-9(2)15-8-13-11(5)7-12(6)16(10(3)4)14(13)17/h7,9-10,15H,8H2,1-6H3. The summed E-state index contributed by atoms with van der Waals surface area (Å²) in [4.78, 5) is 12.4. The van der Waals surface area contributed by atoms with Gasteiger partial charge in [-0.25, -0.2) is 0 Å². The van der Waals surface area contributed by atoms with Gasteiger partial charge in [-0.2, -0.15) is 0 Å². The quantitative estimate of drug-likeness (QED) is 0.871. The summed E-state index contributed by atoms with van der Waals surface area (Å²) in [6.45, 7) is 12.9. The van der Waals surface area contributed by atoms with E-state index in [-0.39, 0.29) is 11.6 Å². The van der Waals surface area contributed by atoms with E-state index < -0.39 is 0 Å². The highest BCUT2D eigenvalue weighted by molar-refractivity contribution is 5.26. The number of pyridine rings is 1. The lowest BCUT2D eigenvalue weighted by Crippen LogP contribution is -2.32. The molecule has 0 saturated heterocycles. The Bertz CT molecular complexity index is 444. The third-order valence-corrected chi connectivity index (χ3v) is 2.96. The molecular formula is C14H24N2O. The third kappa shape index (κ3) is 3.19. The Balaban J connectivity index is 3.22. The van der Waals surface area contributed by atoms with Crippen LogP contribution >= 0.6 is 0 Å². The second kappa shape index (κ2) is 5.50. The van der Waals surface area contributed by atoms with Crippen LogP contribution in [0.25, 0.3) is 0 Å². The highest BCUT2D eigenvalue weighted by atomic mass is 16.1. The predicted molar refractivity (Wildman–Crippen MR) is 72.5 cm³/mol. The highest BCUT2D eigenvalue weighted by Gasteiger charge is 2.12. The highest BCUT2D eigenvalue weighted by Crippen LogP contribution is 2.11. The molecule has 0 spiro atoms. The molecule has 96 valence electrons. The van der Waals surface area contributed by atoms with Crippen molar-refractivity contribution < 1.29 is 0 Å². The normalized spacial score (nSPS) is 11.5. The summed E-state index contributed by atoms with van der Waals surface area (Å²) in [5.41, 5.74) is 3.15. The van der Waals surface area contributed by atoms with Gasteiger partial charge in [0.05, 0.1) is 0 Å². The molecule has 1 heterocycles. The lowest BCUT2D eigenvalue weighted by molar-refractivity contribution is 0.540. The van der Waals surface area contributed by atoms with Gasteiger partial charge in [0.25, 0.3) is 5.56 Å². The third-order valence-electron chi connectivity index (χ3n) is 2.96. The fourth-order valence-electron chi connectivity index (χ4n) is 2.11. The Labute approximate surface area is 104 Å². The minimum atomic E-state index is 0.144. The van der Waals surface area contributed by atoms with Gasteiger partial charge in [0.1, 0.15) is 0 Å². The zero-order valence-electron chi connectivity index (χ0n) is 11.8. The molecule has 0 fully saturated rings. The molecule has 0 aliphatic carbocycles. The Morgan fingerprint density at radius 3 is 2.29 bits per heavy atom. The van der Waals surface area contributed by atoms with Crippen LogP contribution < -0.4 is 10.9 Å². The Hall–Kier alpha value is -1.09. The van der Waals surface area contributed by atoms with Gasteiger partial charge in [-0.3, -0.25) is 4.79 Å². The molecular weight excluding hydrogens is 212 g/mol. The van der Waals surface area contributed by atoms with Crippen molar-refractivity contribution in [1.29, 1.82) is 0 Å². The second-order valence-electron chi connectivity index (χ2n) is 5.25. The Kier molecular flexibility index (Phi) is 4.52. The van der Waals surface area contributed by atoms with E-state index in [0.717, 1.165) is 16.8 Å². The summed E-state index contributed by atoms with van der Waals surface area (Å²) >= 11 is 0. The number of hydrogen-bond acceptors (Lipinski definition) is 2. The zero-order valence-corrected chi connectivity index (χ0v) is 11.8. The first-order chi connectivity index (χ1) is 7.84. The summed E-state index contributed by atoms with van der Waals surface area (Å²) in [5.74, 6) is 0. The smallest absolute Gasteiger partial charge is 0.255 e. The number of rotatable bonds is 4. The molecule has 1 aromatic heterocycles. The van der Waals surface area contributed by atoms with E-state index in [1.54, 1.807) is 0 Å². The van der Waals surface area contributed by atoms with Crippen molar-refractivity contribution in [2.24, 2.45) is 0 Å². The molecule has 17 heavy (non-hydrogen) atoms. The molecule has 0 unspecified atom stereocenters. The van der Waals surface area contributed by atoms with Gasteiger partial charge in [0, 0.05) is 29.9 Å². The van der Waals surface area contributed by atoms with Gasteiger partial charge in [0.15, 0.2) is 0 Å². The summed E-state index contributed by atoms with van der Waals surface area (Å²) in [6, 6.07) is 2.70. The first-order valence-electron chi connectivity index (χ1n) is 6.29. The molecule has 0 atom stereocenters. The SMILES string of the molecule is Cc1cc(C)n(C(C)C)c(=O)c1CNC(C)C. The van der Waals surface area contributed by atoms with E-state index in [9.17, 15) is 4.79 Å². The van der Waals surface area contributed by atoms with Crippen molar-refractivity contribution >= 4 is 0 Å². The summed E-state index contributed by atoms with van der Waals surface area (Å²) in [7, 11) is 0. The summed E-state index contributed by atoms with van der Waals surface area (Å²) in [5, 5.41) is 3.32. The molecule has 1 rings (SSSR count). The minimum absolute atomic E-state index is 0.144. The van der Waals surface area contributed by atoms with E-state index in [0.29, 0.717) is 12.6 Å². The van der Waals surface area contributed by atoms with Crippen LogP contribution in [0, 0.1) is 13.8 Å². The molecule has 0 aliphatic rings. The molecule has 0 bridgehead atoms. The van der Waals surface area contributed by atoms with Crippen LogP contribution in [0.4, 0.5) is 0 Å². The summed E-state index contributed by atoms with van der Waals surface area (Å²) in [6.07, 6.45) is 0. The maximum Gasteiger partial charge on any atom is 0.255 e. The molecule has 0 radical (unpaired) electrons. The average Bonchev–Trinajstić information content (AvgIpc) is 2.14. The van der Waals surface area contributed by atoms with Gasteiger partial charge >= 0.3 is 0 Å². The number of aromatic nitrogens is 1. The van der Waals surface area contributed by atoms with Gasteiger partial charge in [0.2, 0.25) is 0 Å². The zero-order chi connectivity index (χ0) is 13.2. The van der Waals surface area contributed by atoms with E-state index in [2.05, 4.69) is 25.2 Å². The van der Waals surface area contributed by atoms with E-state index >= 15 is 0 Å². The Morgan fingerprint density at radius 1 is 1.24 bits per heavy atom. The van der Waals surface area contributed by atoms with Gasteiger partial charge < -0.3 is 9.88 Å². The lowest BCUT2D eigenvalue weighted by Gasteiger charge is -2.18. The number of aryl methyl sites for hydroxylation is 2. The van der Waals surface area contributed by atoms with Gasteiger partial charge in [-0.15, -0.1) is 0 Å². The van der Waals surface area contributed by atoms with Crippen LogP contribution in [0.2, 0.25) is 0 Å². The van der Waals surface area contributed by atoms with Crippen LogP contribution in [-0.2, 0) is 6.54 Å². The first-order valence-corrected chi connectivity index (χ1v) is 6.29.